The maximum absolute atomic E-state index is 13.3. The molecule has 1 heterocycles. The van der Waals surface area contributed by atoms with E-state index in [1.54, 1.807) is 11.8 Å². The van der Waals surface area contributed by atoms with Crippen LogP contribution >= 0.6 is 0 Å². The lowest BCUT2D eigenvalue weighted by atomic mass is 9.89. The molecule has 2 aromatic carbocycles. The molecule has 7 nitrogen and oxygen atoms in total. The summed E-state index contributed by atoms with van der Waals surface area (Å²) in [6.45, 7) is 4.38. The number of benzene rings is 2. The maximum atomic E-state index is 13.3. The number of carbonyl (C=O) groups is 3. The third-order valence-corrected chi connectivity index (χ3v) is 7.10. The first-order valence-electron chi connectivity index (χ1n) is 12.1. The van der Waals surface area contributed by atoms with Gasteiger partial charge in [0.15, 0.2) is 0 Å². The maximum Gasteiger partial charge on any atom is 0.407 e. The number of carboxylic acid groups (broad SMARTS) is 1. The third-order valence-electron chi connectivity index (χ3n) is 7.10. The van der Waals surface area contributed by atoms with Crippen molar-refractivity contribution in [3.63, 3.8) is 0 Å². The largest absolute Gasteiger partial charge is 0.481 e. The van der Waals surface area contributed by atoms with Gasteiger partial charge in [-0.15, -0.1) is 0 Å². The van der Waals surface area contributed by atoms with Crippen molar-refractivity contribution in [2.45, 2.75) is 57.5 Å². The predicted octanol–water partition coefficient (Wildman–Crippen LogP) is 4.41. The predicted molar refractivity (Wildman–Crippen MR) is 128 cm³/mol. The van der Waals surface area contributed by atoms with E-state index in [0.717, 1.165) is 22.3 Å². The van der Waals surface area contributed by atoms with Gasteiger partial charge in [0.1, 0.15) is 12.6 Å². The van der Waals surface area contributed by atoms with Gasteiger partial charge in [-0.1, -0.05) is 61.9 Å². The van der Waals surface area contributed by atoms with Crippen LogP contribution < -0.4 is 5.32 Å². The number of hydrogen-bond acceptors (Lipinski definition) is 4. The first-order valence-corrected chi connectivity index (χ1v) is 12.1. The van der Waals surface area contributed by atoms with E-state index in [-0.39, 0.29) is 18.4 Å². The van der Waals surface area contributed by atoms with Gasteiger partial charge >= 0.3 is 12.1 Å². The first kappa shape index (κ1) is 23.8. The Morgan fingerprint density at radius 2 is 1.71 bits per heavy atom. The number of fused-ring (bicyclic) bond motifs is 3. The number of piperidine rings is 1. The zero-order chi connectivity index (χ0) is 24.2. The van der Waals surface area contributed by atoms with Crippen LogP contribution in [-0.2, 0) is 14.3 Å². The van der Waals surface area contributed by atoms with E-state index in [1.807, 2.05) is 31.2 Å². The highest BCUT2D eigenvalue weighted by atomic mass is 16.5. The van der Waals surface area contributed by atoms with Crippen LogP contribution in [0.15, 0.2) is 48.5 Å². The van der Waals surface area contributed by atoms with E-state index in [2.05, 4.69) is 29.6 Å². The quantitative estimate of drug-likeness (QED) is 0.633. The Hall–Kier alpha value is -3.35. The van der Waals surface area contributed by atoms with Gasteiger partial charge in [0.25, 0.3) is 0 Å². The highest BCUT2D eigenvalue weighted by Gasteiger charge is 2.38. The normalized spacial score (nSPS) is 20.2. The molecule has 0 spiro atoms. The Bertz CT molecular complexity index is 1020. The monoisotopic (exact) mass is 464 g/mol. The Labute approximate surface area is 200 Å². The van der Waals surface area contributed by atoms with E-state index >= 15 is 0 Å². The Morgan fingerprint density at radius 3 is 2.29 bits per heavy atom. The molecule has 0 aromatic heterocycles. The van der Waals surface area contributed by atoms with E-state index in [4.69, 9.17) is 4.74 Å². The minimum absolute atomic E-state index is 0.0584. The Kier molecular flexibility index (Phi) is 7.20. The topological polar surface area (TPSA) is 95.9 Å². The molecule has 0 bridgehead atoms. The van der Waals surface area contributed by atoms with Gasteiger partial charge in [0.2, 0.25) is 5.91 Å². The smallest absolute Gasteiger partial charge is 0.407 e. The second kappa shape index (κ2) is 10.3. The van der Waals surface area contributed by atoms with Crippen LogP contribution in [0, 0.1) is 5.92 Å². The fraction of sp³-hybridized carbons (Fsp3) is 0.444. The van der Waals surface area contributed by atoms with Crippen LogP contribution in [0.5, 0.6) is 0 Å². The molecule has 7 heteroatoms. The van der Waals surface area contributed by atoms with Crippen molar-refractivity contribution in [1.29, 1.82) is 0 Å². The van der Waals surface area contributed by atoms with Crippen molar-refractivity contribution >= 4 is 18.0 Å². The molecule has 3 atom stereocenters. The van der Waals surface area contributed by atoms with E-state index < -0.39 is 30.1 Å². The lowest BCUT2D eigenvalue weighted by Gasteiger charge is -2.39. The van der Waals surface area contributed by atoms with Crippen LogP contribution in [0.4, 0.5) is 4.79 Å². The van der Waals surface area contributed by atoms with Crippen molar-refractivity contribution in [2.24, 2.45) is 5.92 Å². The number of rotatable bonds is 7. The molecule has 180 valence electrons. The van der Waals surface area contributed by atoms with Gasteiger partial charge in [0.05, 0.1) is 5.92 Å². The van der Waals surface area contributed by atoms with Gasteiger partial charge in [-0.25, -0.2) is 4.79 Å². The summed E-state index contributed by atoms with van der Waals surface area (Å²) < 4.78 is 5.63. The molecule has 2 N–H and O–H groups in total. The van der Waals surface area contributed by atoms with Crippen molar-refractivity contribution in [2.75, 3.05) is 13.2 Å². The van der Waals surface area contributed by atoms with Gasteiger partial charge in [-0.3, -0.25) is 9.59 Å². The average molecular weight is 465 g/mol. The summed E-state index contributed by atoms with van der Waals surface area (Å²) in [4.78, 5) is 39.2. The molecule has 34 heavy (non-hydrogen) atoms. The van der Waals surface area contributed by atoms with Crippen LogP contribution in [-0.4, -0.2) is 53.2 Å². The highest BCUT2D eigenvalue weighted by molar-refractivity contribution is 5.87. The van der Waals surface area contributed by atoms with E-state index in [1.165, 1.54) is 0 Å². The number of nitrogens with zero attached hydrogens (tertiary/aromatic N) is 1. The molecule has 2 aromatic rings. The zero-order valence-corrected chi connectivity index (χ0v) is 19.7. The van der Waals surface area contributed by atoms with Crippen molar-refractivity contribution in [3.05, 3.63) is 59.7 Å². The summed E-state index contributed by atoms with van der Waals surface area (Å²) in [5.74, 6) is -1.78. The van der Waals surface area contributed by atoms with Crippen molar-refractivity contribution in [3.8, 4) is 11.1 Å². The Morgan fingerprint density at radius 1 is 1.09 bits per heavy atom. The molecular weight excluding hydrogens is 432 g/mol. The minimum atomic E-state index is -0.887. The molecule has 1 aliphatic heterocycles. The number of nitrogens with one attached hydrogen (secondary N) is 1. The third kappa shape index (κ3) is 4.65. The van der Waals surface area contributed by atoms with Gasteiger partial charge in [-0.05, 0) is 48.4 Å². The van der Waals surface area contributed by atoms with Crippen LogP contribution in [0.25, 0.3) is 11.1 Å². The highest BCUT2D eigenvalue weighted by Crippen LogP contribution is 2.44. The Balaban J connectivity index is 1.42. The fourth-order valence-electron chi connectivity index (χ4n) is 5.31. The van der Waals surface area contributed by atoms with Gasteiger partial charge < -0.3 is 20.1 Å². The second-order valence-electron chi connectivity index (χ2n) is 9.17. The first-order chi connectivity index (χ1) is 16.4. The van der Waals surface area contributed by atoms with Crippen molar-refractivity contribution < 1.29 is 24.2 Å². The summed E-state index contributed by atoms with van der Waals surface area (Å²) in [7, 11) is 0. The number of carboxylic acids is 1. The average Bonchev–Trinajstić information content (AvgIpc) is 3.16. The summed E-state index contributed by atoms with van der Waals surface area (Å²) in [5.41, 5.74) is 4.55. The van der Waals surface area contributed by atoms with Crippen LogP contribution in [0.3, 0.4) is 0 Å². The van der Waals surface area contributed by atoms with Gasteiger partial charge in [-0.2, -0.15) is 0 Å². The molecule has 2 amide bonds. The van der Waals surface area contributed by atoms with Crippen molar-refractivity contribution in [1.82, 2.24) is 10.2 Å². The summed E-state index contributed by atoms with van der Waals surface area (Å²) in [5, 5.41) is 12.2. The summed E-state index contributed by atoms with van der Waals surface area (Å²) >= 11 is 0. The molecule has 0 unspecified atom stereocenters. The molecule has 1 saturated heterocycles. The standard InChI is InChI=1S/C27H32N2O5/c1-3-9-24(25(30)29-15-8-14-18(17(29)2)26(31)32)28-27(33)34-16-23-21-12-6-4-10-19(21)20-11-5-7-13-22(20)23/h4-7,10-13,17-18,23-24H,3,8-9,14-16H2,1-2H3,(H,28,33)(H,31,32)/t17-,18-,24+/m0/s1. The number of likely N-dealkylation sites (tertiary alicyclic amines) is 1. The number of ether oxygens (including phenoxy) is 1. The lowest BCUT2D eigenvalue weighted by Crippen LogP contribution is -2.56. The molecule has 4 rings (SSSR count). The number of carbonyl (C=O) groups excluding carboxylic acids is 2. The SMILES string of the molecule is CCC[C@@H](NC(=O)OCC1c2ccccc2-c2ccccc21)C(=O)N1CCC[C@H](C(=O)O)[C@@H]1C. The number of hydrogen-bond donors (Lipinski definition) is 2. The second-order valence-corrected chi connectivity index (χ2v) is 9.17. The molecular formula is C27H32N2O5. The molecule has 0 saturated carbocycles. The summed E-state index contributed by atoms with van der Waals surface area (Å²) in [6.07, 6.45) is 1.72. The molecule has 1 aliphatic carbocycles. The zero-order valence-electron chi connectivity index (χ0n) is 19.7. The summed E-state index contributed by atoms with van der Waals surface area (Å²) in [6, 6.07) is 15.1. The molecule has 1 fully saturated rings. The molecule has 0 radical (unpaired) electrons. The lowest BCUT2D eigenvalue weighted by molar-refractivity contribution is -0.149. The van der Waals surface area contributed by atoms with Crippen LogP contribution in [0.2, 0.25) is 0 Å². The number of alkyl carbamates (subject to hydrolysis) is 1. The van der Waals surface area contributed by atoms with E-state index in [9.17, 15) is 19.5 Å². The molecule has 2 aliphatic rings. The van der Waals surface area contributed by atoms with E-state index in [0.29, 0.717) is 32.2 Å². The number of aliphatic carboxylic acids is 1. The van der Waals surface area contributed by atoms with Gasteiger partial charge in [0, 0.05) is 18.5 Å². The minimum Gasteiger partial charge on any atom is -0.481 e. The van der Waals surface area contributed by atoms with Crippen LogP contribution in [0.1, 0.15) is 56.6 Å². The number of amides is 2. The fourth-order valence-corrected chi connectivity index (χ4v) is 5.31.